The first-order valence-corrected chi connectivity index (χ1v) is 14.4. The highest BCUT2D eigenvalue weighted by Gasteiger charge is 2.21. The summed E-state index contributed by atoms with van der Waals surface area (Å²) in [5.74, 6) is 0.858. The second-order valence-electron chi connectivity index (χ2n) is 10.7. The first kappa shape index (κ1) is 25.5. The number of imidazole rings is 1. The van der Waals surface area contributed by atoms with Crippen LogP contribution >= 0.6 is 15.9 Å². The van der Waals surface area contributed by atoms with E-state index in [-0.39, 0.29) is 5.97 Å². The van der Waals surface area contributed by atoms with Gasteiger partial charge in [0.25, 0.3) is 0 Å². The molecule has 7 rings (SSSR count). The van der Waals surface area contributed by atoms with E-state index in [0.717, 1.165) is 72.1 Å². The van der Waals surface area contributed by atoms with Crippen LogP contribution in [0.4, 0.5) is 0 Å². The third kappa shape index (κ3) is 4.19. The average Bonchev–Trinajstić information content (AvgIpc) is 3.54. The first-order chi connectivity index (χ1) is 19.9. The normalized spacial score (nSPS) is 11.8. The standard InChI is InChI=1S/C34H27BrN4O2/c1-20(2)19-38-29-16-13-23(34(40)41-3)17-27(29)37-33(38)25-8-6-9-26-32(25)39-28-10-5-4-7-22(28)18-30(39)31(36-26)21-11-14-24(35)15-12-21/h4-18,20H,19H2,1-3H3. The molecule has 7 aromatic rings. The van der Waals surface area contributed by atoms with Crippen LogP contribution in [0.15, 0.2) is 95.5 Å². The summed E-state index contributed by atoms with van der Waals surface area (Å²) in [6.45, 7) is 5.18. The van der Waals surface area contributed by atoms with Gasteiger partial charge in [-0.1, -0.05) is 66.2 Å². The van der Waals surface area contributed by atoms with Crippen LogP contribution in [-0.4, -0.2) is 32.0 Å². The van der Waals surface area contributed by atoms with Crippen LogP contribution in [0.2, 0.25) is 0 Å². The molecule has 6 nitrogen and oxygen atoms in total. The number of ether oxygens (including phenoxy) is 1. The number of nitrogens with zero attached hydrogens (tertiary/aromatic N) is 4. The fourth-order valence-electron chi connectivity index (χ4n) is 5.74. The number of carbonyl (C=O) groups is 1. The summed E-state index contributed by atoms with van der Waals surface area (Å²) >= 11 is 3.56. The number of benzene rings is 4. The third-order valence-corrected chi connectivity index (χ3v) is 8.03. The van der Waals surface area contributed by atoms with Gasteiger partial charge in [-0.25, -0.2) is 14.8 Å². The Balaban J connectivity index is 1.59. The van der Waals surface area contributed by atoms with Crippen LogP contribution in [-0.2, 0) is 11.3 Å². The number of methoxy groups -OCH3 is 1. The number of halogens is 1. The predicted octanol–water partition coefficient (Wildman–Crippen LogP) is 8.53. The van der Waals surface area contributed by atoms with Crippen molar-refractivity contribution in [2.24, 2.45) is 5.92 Å². The maximum atomic E-state index is 12.3. The van der Waals surface area contributed by atoms with E-state index in [1.165, 1.54) is 7.11 Å². The van der Waals surface area contributed by atoms with Gasteiger partial charge in [-0.2, -0.15) is 0 Å². The number of para-hydroxylation sites is 2. The Morgan fingerprint density at radius 2 is 1.66 bits per heavy atom. The van der Waals surface area contributed by atoms with Crippen LogP contribution in [0.3, 0.4) is 0 Å². The van der Waals surface area contributed by atoms with Crippen molar-refractivity contribution in [1.82, 2.24) is 18.9 Å². The molecular weight excluding hydrogens is 576 g/mol. The van der Waals surface area contributed by atoms with E-state index in [2.05, 4.69) is 93.3 Å². The number of esters is 1. The van der Waals surface area contributed by atoms with Crippen LogP contribution in [0, 0.1) is 5.92 Å². The van der Waals surface area contributed by atoms with Crippen LogP contribution in [0.5, 0.6) is 0 Å². The van der Waals surface area contributed by atoms with Crippen molar-refractivity contribution in [2.75, 3.05) is 7.11 Å². The summed E-state index contributed by atoms with van der Waals surface area (Å²) in [5.41, 5.74) is 9.21. The Hall–Kier alpha value is -4.49. The Bertz CT molecular complexity index is 2120. The minimum absolute atomic E-state index is 0.373. The molecule has 3 aromatic heterocycles. The van der Waals surface area contributed by atoms with Gasteiger partial charge in [0.05, 0.1) is 51.5 Å². The van der Waals surface area contributed by atoms with E-state index in [9.17, 15) is 4.79 Å². The zero-order valence-corrected chi connectivity index (χ0v) is 24.5. The second kappa shape index (κ2) is 9.85. The zero-order chi connectivity index (χ0) is 28.2. The summed E-state index contributed by atoms with van der Waals surface area (Å²) in [5, 5.41) is 1.15. The Morgan fingerprint density at radius 3 is 2.44 bits per heavy atom. The lowest BCUT2D eigenvalue weighted by molar-refractivity contribution is 0.0601. The van der Waals surface area contributed by atoms with Gasteiger partial charge in [0.1, 0.15) is 5.82 Å². The quantitative estimate of drug-likeness (QED) is 0.185. The van der Waals surface area contributed by atoms with Gasteiger partial charge in [0.15, 0.2) is 0 Å². The van der Waals surface area contributed by atoms with Crippen molar-refractivity contribution in [2.45, 2.75) is 20.4 Å². The molecule has 0 amide bonds. The van der Waals surface area contributed by atoms with Gasteiger partial charge in [0, 0.05) is 27.5 Å². The van der Waals surface area contributed by atoms with Gasteiger partial charge in [0.2, 0.25) is 0 Å². The van der Waals surface area contributed by atoms with Gasteiger partial charge in [-0.15, -0.1) is 0 Å². The summed E-state index contributed by atoms with van der Waals surface area (Å²) in [6, 6.07) is 30.8. The molecule has 4 aromatic carbocycles. The topological polar surface area (TPSA) is 61.4 Å². The smallest absolute Gasteiger partial charge is 0.337 e. The molecule has 0 radical (unpaired) electrons. The molecule has 0 aliphatic carbocycles. The molecule has 3 heterocycles. The van der Waals surface area contributed by atoms with Crippen molar-refractivity contribution < 1.29 is 9.53 Å². The minimum Gasteiger partial charge on any atom is -0.465 e. The maximum absolute atomic E-state index is 12.3. The largest absolute Gasteiger partial charge is 0.465 e. The molecule has 0 atom stereocenters. The highest BCUT2D eigenvalue weighted by atomic mass is 79.9. The molecule has 202 valence electrons. The molecule has 0 unspecified atom stereocenters. The molecule has 0 aliphatic heterocycles. The number of hydrogen-bond donors (Lipinski definition) is 0. The lowest BCUT2D eigenvalue weighted by Crippen LogP contribution is -2.07. The molecule has 0 aliphatic rings. The zero-order valence-electron chi connectivity index (χ0n) is 22.9. The van der Waals surface area contributed by atoms with Gasteiger partial charge in [-0.3, -0.25) is 0 Å². The van der Waals surface area contributed by atoms with E-state index in [0.29, 0.717) is 11.5 Å². The van der Waals surface area contributed by atoms with Crippen molar-refractivity contribution in [1.29, 1.82) is 0 Å². The van der Waals surface area contributed by atoms with Crippen LogP contribution in [0.25, 0.3) is 61.1 Å². The van der Waals surface area contributed by atoms with Crippen molar-refractivity contribution >= 4 is 60.4 Å². The molecular formula is C34H27BrN4O2. The molecule has 0 fully saturated rings. The molecule has 41 heavy (non-hydrogen) atoms. The predicted molar refractivity (Wildman–Crippen MR) is 168 cm³/mol. The summed E-state index contributed by atoms with van der Waals surface area (Å²) in [4.78, 5) is 22.7. The van der Waals surface area contributed by atoms with Gasteiger partial charge in [-0.05, 0) is 60.5 Å². The highest BCUT2D eigenvalue weighted by molar-refractivity contribution is 9.10. The Labute approximate surface area is 245 Å². The fraction of sp³-hybridized carbons (Fsp3) is 0.147. The van der Waals surface area contributed by atoms with E-state index in [1.807, 2.05) is 36.4 Å². The minimum atomic E-state index is -0.373. The lowest BCUT2D eigenvalue weighted by Gasteiger charge is -2.16. The van der Waals surface area contributed by atoms with Gasteiger partial charge < -0.3 is 13.7 Å². The number of fused-ring (bicyclic) bond motifs is 6. The summed E-state index contributed by atoms with van der Waals surface area (Å²) in [6.07, 6.45) is 0. The van der Waals surface area contributed by atoms with E-state index < -0.39 is 0 Å². The van der Waals surface area contributed by atoms with E-state index in [1.54, 1.807) is 0 Å². The van der Waals surface area contributed by atoms with E-state index >= 15 is 0 Å². The third-order valence-electron chi connectivity index (χ3n) is 7.50. The maximum Gasteiger partial charge on any atom is 0.337 e. The first-order valence-electron chi connectivity index (χ1n) is 13.6. The molecule has 0 bridgehead atoms. The molecule has 0 saturated heterocycles. The lowest BCUT2D eigenvalue weighted by atomic mass is 10.1. The summed E-state index contributed by atoms with van der Waals surface area (Å²) in [7, 11) is 1.40. The van der Waals surface area contributed by atoms with Gasteiger partial charge >= 0.3 is 5.97 Å². The summed E-state index contributed by atoms with van der Waals surface area (Å²) < 4.78 is 10.6. The van der Waals surface area contributed by atoms with E-state index in [4.69, 9.17) is 14.7 Å². The molecule has 7 heteroatoms. The SMILES string of the molecule is COC(=O)c1ccc2c(c1)nc(-c1cccc3nc(-c4ccc(Br)cc4)c4cc5ccccc5n4c13)n2CC(C)C. The van der Waals surface area contributed by atoms with Crippen molar-refractivity contribution in [3.05, 3.63) is 101 Å². The fourth-order valence-corrected chi connectivity index (χ4v) is 6.00. The number of carbonyl (C=O) groups excluding carboxylic acids is 1. The molecule has 0 spiro atoms. The number of hydrogen-bond acceptors (Lipinski definition) is 4. The van der Waals surface area contributed by atoms with Crippen LogP contribution in [0.1, 0.15) is 24.2 Å². The average molecular weight is 604 g/mol. The Morgan fingerprint density at radius 1 is 0.854 bits per heavy atom. The van der Waals surface area contributed by atoms with Crippen molar-refractivity contribution in [3.63, 3.8) is 0 Å². The number of aromatic nitrogens is 4. The second-order valence-corrected chi connectivity index (χ2v) is 11.6. The highest BCUT2D eigenvalue weighted by Crippen LogP contribution is 2.37. The monoisotopic (exact) mass is 602 g/mol. The van der Waals surface area contributed by atoms with Crippen LogP contribution < -0.4 is 0 Å². The molecule has 0 N–H and O–H groups in total. The number of rotatable bonds is 5. The van der Waals surface area contributed by atoms with Crippen molar-refractivity contribution in [3.8, 4) is 22.6 Å². The molecule has 0 saturated carbocycles. The Kier molecular flexibility index (Phi) is 6.12.